The summed E-state index contributed by atoms with van der Waals surface area (Å²) >= 11 is 0. The molecule has 0 unspecified atom stereocenters. The number of rotatable bonds is 5. The average molecular weight is 240 g/mol. The Morgan fingerprint density at radius 1 is 1.00 bits per heavy atom. The topological polar surface area (TPSA) is 29.3 Å². The van der Waals surface area contributed by atoms with Crippen LogP contribution in [0.2, 0.25) is 0 Å². The summed E-state index contributed by atoms with van der Waals surface area (Å²) in [6.07, 6.45) is 0. The predicted molar refractivity (Wildman–Crippen MR) is 77.7 cm³/mol. The van der Waals surface area contributed by atoms with Crippen LogP contribution >= 0.6 is 0 Å². The SMILES string of the molecule is Cc1cccc(N(CCN)Cc2ccccc2)c1. The molecule has 2 N–H and O–H groups in total. The average Bonchev–Trinajstić information content (AvgIpc) is 2.39. The third-order valence-corrected chi connectivity index (χ3v) is 2.98. The number of anilines is 1. The van der Waals surface area contributed by atoms with Crippen molar-refractivity contribution in [2.24, 2.45) is 5.73 Å². The van der Waals surface area contributed by atoms with Gasteiger partial charge in [0, 0.05) is 25.3 Å². The fourth-order valence-electron chi connectivity index (χ4n) is 2.08. The molecule has 2 aromatic rings. The summed E-state index contributed by atoms with van der Waals surface area (Å²) in [5, 5.41) is 0. The molecule has 0 bridgehead atoms. The smallest absolute Gasteiger partial charge is 0.0430 e. The van der Waals surface area contributed by atoms with Gasteiger partial charge in [-0.1, -0.05) is 42.5 Å². The molecule has 2 nitrogen and oxygen atoms in total. The van der Waals surface area contributed by atoms with Crippen molar-refractivity contribution < 1.29 is 0 Å². The molecule has 0 aliphatic rings. The van der Waals surface area contributed by atoms with E-state index in [1.165, 1.54) is 16.8 Å². The van der Waals surface area contributed by atoms with Crippen LogP contribution in [0.25, 0.3) is 0 Å². The maximum atomic E-state index is 5.72. The van der Waals surface area contributed by atoms with Crippen molar-refractivity contribution in [1.29, 1.82) is 0 Å². The largest absolute Gasteiger partial charge is 0.366 e. The van der Waals surface area contributed by atoms with Crippen molar-refractivity contribution in [2.45, 2.75) is 13.5 Å². The van der Waals surface area contributed by atoms with Crippen LogP contribution in [0, 0.1) is 6.92 Å². The zero-order chi connectivity index (χ0) is 12.8. The minimum Gasteiger partial charge on any atom is -0.366 e. The summed E-state index contributed by atoms with van der Waals surface area (Å²) in [4.78, 5) is 2.32. The second kappa shape index (κ2) is 6.22. The van der Waals surface area contributed by atoms with Crippen LogP contribution < -0.4 is 10.6 Å². The van der Waals surface area contributed by atoms with E-state index in [0.717, 1.165) is 13.1 Å². The molecule has 2 heteroatoms. The van der Waals surface area contributed by atoms with Crippen molar-refractivity contribution in [3.05, 3.63) is 65.7 Å². The lowest BCUT2D eigenvalue weighted by atomic mass is 10.1. The van der Waals surface area contributed by atoms with E-state index in [9.17, 15) is 0 Å². The molecule has 94 valence electrons. The molecule has 0 spiro atoms. The van der Waals surface area contributed by atoms with Crippen molar-refractivity contribution >= 4 is 5.69 Å². The predicted octanol–water partition coefficient (Wildman–Crippen LogP) is 2.96. The van der Waals surface area contributed by atoms with Crippen LogP contribution in [0.3, 0.4) is 0 Å². The van der Waals surface area contributed by atoms with Gasteiger partial charge in [-0.3, -0.25) is 0 Å². The second-order valence-electron chi connectivity index (χ2n) is 4.53. The molecular formula is C16H20N2. The van der Waals surface area contributed by atoms with Gasteiger partial charge in [-0.2, -0.15) is 0 Å². The molecule has 18 heavy (non-hydrogen) atoms. The standard InChI is InChI=1S/C16H20N2/c1-14-6-5-9-16(12-14)18(11-10-17)13-15-7-3-2-4-8-15/h2-9,12H,10-11,13,17H2,1H3. The molecule has 0 saturated carbocycles. The molecule has 0 aliphatic carbocycles. The summed E-state index contributed by atoms with van der Waals surface area (Å²) in [5.41, 5.74) is 9.55. The molecule has 0 aliphatic heterocycles. The van der Waals surface area contributed by atoms with Gasteiger partial charge in [-0.05, 0) is 30.2 Å². The molecule has 2 aromatic carbocycles. The Bertz CT molecular complexity index is 479. The Balaban J connectivity index is 2.18. The van der Waals surface area contributed by atoms with Crippen molar-refractivity contribution in [1.82, 2.24) is 0 Å². The Kier molecular flexibility index (Phi) is 4.37. The molecule has 0 heterocycles. The zero-order valence-corrected chi connectivity index (χ0v) is 10.8. The summed E-state index contributed by atoms with van der Waals surface area (Å²) in [5.74, 6) is 0. The van der Waals surface area contributed by atoms with E-state index < -0.39 is 0 Å². The van der Waals surface area contributed by atoms with Gasteiger partial charge in [0.05, 0.1) is 0 Å². The van der Waals surface area contributed by atoms with Gasteiger partial charge in [0.25, 0.3) is 0 Å². The van der Waals surface area contributed by atoms with E-state index in [1.807, 2.05) is 6.07 Å². The first-order valence-corrected chi connectivity index (χ1v) is 6.35. The van der Waals surface area contributed by atoms with E-state index in [0.29, 0.717) is 6.54 Å². The first-order valence-electron chi connectivity index (χ1n) is 6.35. The maximum Gasteiger partial charge on any atom is 0.0430 e. The monoisotopic (exact) mass is 240 g/mol. The number of hydrogen-bond donors (Lipinski definition) is 1. The van der Waals surface area contributed by atoms with E-state index in [-0.39, 0.29) is 0 Å². The molecule has 0 aromatic heterocycles. The van der Waals surface area contributed by atoms with Gasteiger partial charge >= 0.3 is 0 Å². The molecule has 0 saturated heterocycles. The van der Waals surface area contributed by atoms with Crippen LogP contribution in [0.4, 0.5) is 5.69 Å². The zero-order valence-electron chi connectivity index (χ0n) is 10.8. The summed E-state index contributed by atoms with van der Waals surface area (Å²) < 4.78 is 0. The highest BCUT2D eigenvalue weighted by Gasteiger charge is 2.06. The highest BCUT2D eigenvalue weighted by Crippen LogP contribution is 2.18. The lowest BCUT2D eigenvalue weighted by Gasteiger charge is -2.24. The highest BCUT2D eigenvalue weighted by molar-refractivity contribution is 5.49. The second-order valence-corrected chi connectivity index (χ2v) is 4.53. The van der Waals surface area contributed by atoms with E-state index >= 15 is 0 Å². The van der Waals surface area contributed by atoms with Crippen molar-refractivity contribution in [3.63, 3.8) is 0 Å². The number of nitrogens with two attached hydrogens (primary N) is 1. The number of hydrogen-bond acceptors (Lipinski definition) is 2. The first-order chi connectivity index (χ1) is 8.79. The van der Waals surface area contributed by atoms with Crippen molar-refractivity contribution in [3.8, 4) is 0 Å². The first kappa shape index (κ1) is 12.7. The lowest BCUT2D eigenvalue weighted by molar-refractivity contribution is 0.789. The molecule has 0 radical (unpaired) electrons. The minimum atomic E-state index is 0.667. The number of aryl methyl sites for hydroxylation is 1. The number of nitrogens with zero attached hydrogens (tertiary/aromatic N) is 1. The summed E-state index contributed by atoms with van der Waals surface area (Å²) in [6.45, 7) is 4.56. The van der Waals surface area contributed by atoms with Crippen LogP contribution in [-0.4, -0.2) is 13.1 Å². The van der Waals surface area contributed by atoms with Crippen LogP contribution in [0.15, 0.2) is 54.6 Å². The van der Waals surface area contributed by atoms with Gasteiger partial charge in [-0.25, -0.2) is 0 Å². The molecule has 2 rings (SSSR count). The van der Waals surface area contributed by atoms with Gasteiger partial charge in [0.2, 0.25) is 0 Å². The molecule has 0 amide bonds. The van der Waals surface area contributed by atoms with Crippen LogP contribution in [-0.2, 0) is 6.54 Å². The van der Waals surface area contributed by atoms with E-state index in [2.05, 4.69) is 60.4 Å². The number of benzene rings is 2. The quantitative estimate of drug-likeness (QED) is 0.870. The maximum absolute atomic E-state index is 5.72. The third kappa shape index (κ3) is 3.34. The van der Waals surface area contributed by atoms with Gasteiger partial charge in [-0.15, -0.1) is 0 Å². The summed E-state index contributed by atoms with van der Waals surface area (Å²) in [6, 6.07) is 19.1. The van der Waals surface area contributed by atoms with Crippen LogP contribution in [0.1, 0.15) is 11.1 Å². The molecule has 0 atom stereocenters. The molecular weight excluding hydrogens is 220 g/mol. The fraction of sp³-hybridized carbons (Fsp3) is 0.250. The molecule has 0 fully saturated rings. The fourth-order valence-corrected chi connectivity index (χ4v) is 2.08. The Labute approximate surface area is 109 Å². The third-order valence-electron chi connectivity index (χ3n) is 2.98. The lowest BCUT2D eigenvalue weighted by Crippen LogP contribution is -2.28. The minimum absolute atomic E-state index is 0.667. The highest BCUT2D eigenvalue weighted by atomic mass is 15.1. The Hall–Kier alpha value is -1.80. The van der Waals surface area contributed by atoms with Gasteiger partial charge in [0.15, 0.2) is 0 Å². The van der Waals surface area contributed by atoms with Gasteiger partial charge in [0.1, 0.15) is 0 Å². The van der Waals surface area contributed by atoms with E-state index in [4.69, 9.17) is 5.73 Å². The van der Waals surface area contributed by atoms with Gasteiger partial charge < -0.3 is 10.6 Å². The normalized spacial score (nSPS) is 10.3. The van der Waals surface area contributed by atoms with Crippen molar-refractivity contribution in [2.75, 3.05) is 18.0 Å². The summed E-state index contributed by atoms with van der Waals surface area (Å²) in [7, 11) is 0. The van der Waals surface area contributed by atoms with E-state index in [1.54, 1.807) is 0 Å². The van der Waals surface area contributed by atoms with Crippen LogP contribution in [0.5, 0.6) is 0 Å². The Morgan fingerprint density at radius 2 is 1.78 bits per heavy atom. The Morgan fingerprint density at radius 3 is 2.44 bits per heavy atom.